The summed E-state index contributed by atoms with van der Waals surface area (Å²) in [5.74, 6) is 0.830. The van der Waals surface area contributed by atoms with Crippen LogP contribution in [-0.2, 0) is 12.3 Å². The van der Waals surface area contributed by atoms with Gasteiger partial charge >= 0.3 is 0 Å². The van der Waals surface area contributed by atoms with E-state index < -0.39 is 5.82 Å². The van der Waals surface area contributed by atoms with Crippen LogP contribution in [0.4, 0.5) is 4.39 Å². The van der Waals surface area contributed by atoms with Crippen LogP contribution in [0.1, 0.15) is 36.8 Å². The molecule has 0 spiro atoms. The van der Waals surface area contributed by atoms with Crippen LogP contribution in [0.2, 0.25) is 0 Å². The van der Waals surface area contributed by atoms with Crippen molar-refractivity contribution in [3.63, 3.8) is 0 Å². The SMILES string of the molecule is CC(C)n1c(CN)nnc1SCc1ccc(F)c(C#N)c1. The fraction of sp³-hybridized carbons (Fsp3) is 0.357. The van der Waals surface area contributed by atoms with Gasteiger partial charge < -0.3 is 10.3 Å². The number of thioether (sulfide) groups is 1. The molecule has 0 aliphatic heterocycles. The van der Waals surface area contributed by atoms with Gasteiger partial charge in [-0.2, -0.15) is 5.26 Å². The normalized spacial score (nSPS) is 10.9. The van der Waals surface area contributed by atoms with Gasteiger partial charge in [0.1, 0.15) is 17.7 Å². The molecule has 0 saturated carbocycles. The first-order valence-corrected chi connectivity index (χ1v) is 7.50. The smallest absolute Gasteiger partial charge is 0.191 e. The molecule has 0 aliphatic carbocycles. The number of nitrogens with two attached hydrogens (primary N) is 1. The Bertz CT molecular complexity index is 674. The second-order valence-corrected chi connectivity index (χ2v) is 5.72. The van der Waals surface area contributed by atoms with Gasteiger partial charge in [0.15, 0.2) is 5.16 Å². The lowest BCUT2D eigenvalue weighted by Gasteiger charge is -2.12. The van der Waals surface area contributed by atoms with Crippen molar-refractivity contribution >= 4 is 11.8 Å². The Balaban J connectivity index is 2.17. The van der Waals surface area contributed by atoms with Crippen molar-refractivity contribution in [1.29, 1.82) is 5.26 Å². The monoisotopic (exact) mass is 305 g/mol. The summed E-state index contributed by atoms with van der Waals surface area (Å²) in [6.45, 7) is 4.41. The molecule has 0 amide bonds. The van der Waals surface area contributed by atoms with Crippen LogP contribution in [-0.4, -0.2) is 14.8 Å². The topological polar surface area (TPSA) is 80.5 Å². The van der Waals surface area contributed by atoms with Gasteiger partial charge in [-0.05, 0) is 31.5 Å². The summed E-state index contributed by atoms with van der Waals surface area (Å²) in [5, 5.41) is 17.8. The molecule has 0 fully saturated rings. The van der Waals surface area contributed by atoms with Gasteiger partial charge in [-0.25, -0.2) is 4.39 Å². The quantitative estimate of drug-likeness (QED) is 0.859. The third-order valence-corrected chi connectivity index (χ3v) is 3.97. The Hall–Kier alpha value is -1.91. The molecule has 21 heavy (non-hydrogen) atoms. The first-order chi connectivity index (χ1) is 10.1. The van der Waals surface area contributed by atoms with Crippen LogP contribution in [0.15, 0.2) is 23.4 Å². The maximum atomic E-state index is 13.3. The Morgan fingerprint density at radius 2 is 2.19 bits per heavy atom. The second kappa shape index (κ2) is 6.70. The van der Waals surface area contributed by atoms with Gasteiger partial charge in [0, 0.05) is 11.8 Å². The zero-order valence-electron chi connectivity index (χ0n) is 11.9. The Kier molecular flexibility index (Phi) is 4.94. The maximum absolute atomic E-state index is 13.3. The zero-order chi connectivity index (χ0) is 15.4. The first kappa shape index (κ1) is 15.5. The number of halogens is 1. The summed E-state index contributed by atoms with van der Waals surface area (Å²) in [6.07, 6.45) is 0. The van der Waals surface area contributed by atoms with Crippen molar-refractivity contribution in [3.8, 4) is 6.07 Å². The molecule has 2 N–H and O–H groups in total. The van der Waals surface area contributed by atoms with E-state index in [9.17, 15) is 4.39 Å². The van der Waals surface area contributed by atoms with Crippen molar-refractivity contribution < 1.29 is 4.39 Å². The molecule has 7 heteroatoms. The standard InChI is InChI=1S/C14H16FN5S/c1-9(2)20-13(7-17)18-19-14(20)21-8-10-3-4-12(15)11(5-10)6-16/h3-5,9H,7-8,17H2,1-2H3. The predicted octanol–water partition coefficient (Wildman–Crippen LogP) is 2.62. The molecule has 110 valence electrons. The number of hydrogen-bond donors (Lipinski definition) is 1. The predicted molar refractivity (Wildman–Crippen MR) is 79.0 cm³/mol. The van der Waals surface area contributed by atoms with E-state index in [1.54, 1.807) is 12.1 Å². The van der Waals surface area contributed by atoms with Gasteiger partial charge in [-0.1, -0.05) is 17.8 Å². The molecular formula is C14H16FN5S. The summed E-state index contributed by atoms with van der Waals surface area (Å²) < 4.78 is 15.3. The first-order valence-electron chi connectivity index (χ1n) is 6.52. The largest absolute Gasteiger partial charge is 0.324 e. The molecule has 1 aromatic heterocycles. The minimum Gasteiger partial charge on any atom is -0.324 e. The average molecular weight is 305 g/mol. The molecule has 0 atom stereocenters. The highest BCUT2D eigenvalue weighted by molar-refractivity contribution is 7.98. The van der Waals surface area contributed by atoms with Crippen molar-refractivity contribution in [2.45, 2.75) is 37.3 Å². The molecule has 0 aliphatic rings. The Labute approximate surface area is 127 Å². The van der Waals surface area contributed by atoms with E-state index in [0.717, 1.165) is 16.5 Å². The summed E-state index contributed by atoms with van der Waals surface area (Å²) >= 11 is 1.49. The molecule has 0 radical (unpaired) electrons. The van der Waals surface area contributed by atoms with E-state index in [4.69, 9.17) is 11.0 Å². The molecular weight excluding hydrogens is 289 g/mol. The minimum absolute atomic E-state index is 0.0565. The molecule has 1 aromatic carbocycles. The van der Waals surface area contributed by atoms with Crippen LogP contribution in [0.5, 0.6) is 0 Å². The van der Waals surface area contributed by atoms with E-state index >= 15 is 0 Å². The Morgan fingerprint density at radius 3 is 2.81 bits per heavy atom. The third kappa shape index (κ3) is 3.40. The van der Waals surface area contributed by atoms with Gasteiger partial charge in [0.05, 0.1) is 12.1 Å². The number of nitriles is 1. The minimum atomic E-state index is -0.498. The Morgan fingerprint density at radius 1 is 1.43 bits per heavy atom. The summed E-state index contributed by atoms with van der Waals surface area (Å²) in [4.78, 5) is 0. The van der Waals surface area contributed by atoms with Gasteiger partial charge in [0.2, 0.25) is 0 Å². The van der Waals surface area contributed by atoms with Crippen molar-refractivity contribution in [2.75, 3.05) is 0 Å². The zero-order valence-corrected chi connectivity index (χ0v) is 12.7. The number of nitrogens with zero attached hydrogens (tertiary/aromatic N) is 4. The fourth-order valence-corrected chi connectivity index (χ4v) is 2.99. The molecule has 0 bridgehead atoms. The highest BCUT2D eigenvalue weighted by atomic mass is 32.2. The average Bonchev–Trinajstić information content (AvgIpc) is 2.89. The summed E-state index contributed by atoms with van der Waals surface area (Å²) in [5.41, 5.74) is 6.58. The molecule has 2 aromatic rings. The van der Waals surface area contributed by atoms with E-state index in [0.29, 0.717) is 12.3 Å². The highest BCUT2D eigenvalue weighted by Gasteiger charge is 2.14. The molecule has 1 heterocycles. The number of aromatic nitrogens is 3. The molecule has 0 unspecified atom stereocenters. The maximum Gasteiger partial charge on any atom is 0.191 e. The van der Waals surface area contributed by atoms with Crippen LogP contribution >= 0.6 is 11.8 Å². The van der Waals surface area contributed by atoms with Crippen LogP contribution in [0, 0.1) is 17.1 Å². The summed E-state index contributed by atoms with van der Waals surface area (Å²) in [7, 11) is 0. The number of benzene rings is 1. The van der Waals surface area contributed by atoms with Gasteiger partial charge in [-0.15, -0.1) is 10.2 Å². The van der Waals surface area contributed by atoms with E-state index in [1.807, 2.05) is 24.5 Å². The highest BCUT2D eigenvalue weighted by Crippen LogP contribution is 2.25. The van der Waals surface area contributed by atoms with Crippen LogP contribution in [0.3, 0.4) is 0 Å². The number of hydrogen-bond acceptors (Lipinski definition) is 5. The lowest BCUT2D eigenvalue weighted by Crippen LogP contribution is -2.11. The van der Waals surface area contributed by atoms with Gasteiger partial charge in [-0.3, -0.25) is 0 Å². The van der Waals surface area contributed by atoms with Crippen molar-refractivity contribution in [3.05, 3.63) is 41.0 Å². The third-order valence-electron chi connectivity index (χ3n) is 2.95. The van der Waals surface area contributed by atoms with Crippen LogP contribution in [0.25, 0.3) is 0 Å². The molecule has 0 saturated heterocycles. The molecule has 2 rings (SSSR count). The fourth-order valence-electron chi connectivity index (χ4n) is 1.96. The van der Waals surface area contributed by atoms with E-state index in [2.05, 4.69) is 10.2 Å². The second-order valence-electron chi connectivity index (χ2n) is 4.78. The lowest BCUT2D eigenvalue weighted by atomic mass is 10.1. The number of rotatable bonds is 5. The van der Waals surface area contributed by atoms with E-state index in [1.165, 1.54) is 17.8 Å². The van der Waals surface area contributed by atoms with Gasteiger partial charge in [0.25, 0.3) is 0 Å². The molecule has 5 nitrogen and oxygen atoms in total. The lowest BCUT2D eigenvalue weighted by molar-refractivity contribution is 0.526. The van der Waals surface area contributed by atoms with Crippen LogP contribution < -0.4 is 5.73 Å². The summed E-state index contributed by atoms with van der Waals surface area (Å²) in [6, 6.07) is 6.59. The van der Waals surface area contributed by atoms with E-state index in [-0.39, 0.29) is 11.6 Å². The van der Waals surface area contributed by atoms with Crippen molar-refractivity contribution in [1.82, 2.24) is 14.8 Å². The van der Waals surface area contributed by atoms with Crippen molar-refractivity contribution in [2.24, 2.45) is 5.73 Å².